The summed E-state index contributed by atoms with van der Waals surface area (Å²) in [6.45, 7) is 3.18. The Bertz CT molecular complexity index is 429. The number of fused-ring (bicyclic) bond motifs is 1. The predicted octanol–water partition coefficient (Wildman–Crippen LogP) is 1.92. The van der Waals surface area contributed by atoms with Gasteiger partial charge in [0.05, 0.1) is 6.10 Å². The van der Waals surface area contributed by atoms with Crippen LogP contribution in [0.2, 0.25) is 0 Å². The Morgan fingerprint density at radius 1 is 1.32 bits per heavy atom. The Kier molecular flexibility index (Phi) is 3.87. The Morgan fingerprint density at radius 3 is 2.89 bits per heavy atom. The highest BCUT2D eigenvalue weighted by atomic mass is 16.3. The van der Waals surface area contributed by atoms with Gasteiger partial charge in [-0.05, 0) is 49.9 Å². The number of nitrogens with one attached hydrogen (secondary N) is 1. The average molecular weight is 260 g/mol. The molecule has 0 spiro atoms. The molecule has 0 amide bonds. The quantitative estimate of drug-likeness (QED) is 0.871. The van der Waals surface area contributed by atoms with Crippen molar-refractivity contribution in [1.29, 1.82) is 0 Å². The fraction of sp³-hybridized carbons (Fsp3) is 0.625. The van der Waals surface area contributed by atoms with Gasteiger partial charge in [0, 0.05) is 19.1 Å². The minimum Gasteiger partial charge on any atom is -0.393 e. The number of aliphatic hydroxyl groups excluding tert-OH is 1. The molecule has 1 saturated carbocycles. The number of benzene rings is 1. The monoisotopic (exact) mass is 260 g/mol. The molecule has 2 aliphatic rings. The van der Waals surface area contributed by atoms with E-state index in [2.05, 4.69) is 41.5 Å². The maximum Gasteiger partial charge on any atom is 0.0546 e. The molecule has 0 saturated heterocycles. The molecular formula is C16H24N2O. The first-order valence-electron chi connectivity index (χ1n) is 7.41. The van der Waals surface area contributed by atoms with Gasteiger partial charge < -0.3 is 10.4 Å². The molecule has 2 N–H and O–H groups in total. The van der Waals surface area contributed by atoms with Crippen LogP contribution >= 0.6 is 0 Å². The van der Waals surface area contributed by atoms with Crippen LogP contribution in [0.15, 0.2) is 24.3 Å². The minimum atomic E-state index is -0.0403. The van der Waals surface area contributed by atoms with Crippen LogP contribution < -0.4 is 5.32 Å². The molecule has 1 fully saturated rings. The first-order chi connectivity index (χ1) is 9.24. The molecule has 1 aromatic carbocycles. The SMILES string of the molecule is CN(CC1CC(O)C1)C1CCNCc2ccccc21. The highest BCUT2D eigenvalue weighted by molar-refractivity contribution is 5.31. The molecule has 0 bridgehead atoms. The van der Waals surface area contributed by atoms with Crippen molar-refractivity contribution >= 4 is 0 Å². The van der Waals surface area contributed by atoms with Gasteiger partial charge in [0.15, 0.2) is 0 Å². The fourth-order valence-corrected chi connectivity index (χ4v) is 3.48. The lowest BCUT2D eigenvalue weighted by Crippen LogP contribution is -2.38. The van der Waals surface area contributed by atoms with Crippen LogP contribution in [0.25, 0.3) is 0 Å². The van der Waals surface area contributed by atoms with Crippen LogP contribution in [0.5, 0.6) is 0 Å². The van der Waals surface area contributed by atoms with E-state index in [-0.39, 0.29) is 6.10 Å². The van der Waals surface area contributed by atoms with Gasteiger partial charge in [-0.3, -0.25) is 4.90 Å². The van der Waals surface area contributed by atoms with Gasteiger partial charge in [-0.15, -0.1) is 0 Å². The molecule has 1 aromatic rings. The maximum atomic E-state index is 9.42. The van der Waals surface area contributed by atoms with Crippen LogP contribution in [0.4, 0.5) is 0 Å². The third-order valence-corrected chi connectivity index (χ3v) is 4.61. The smallest absolute Gasteiger partial charge is 0.0546 e. The van der Waals surface area contributed by atoms with Crippen LogP contribution in [-0.4, -0.2) is 36.2 Å². The second kappa shape index (κ2) is 5.61. The zero-order valence-electron chi connectivity index (χ0n) is 11.7. The number of nitrogens with zero attached hydrogens (tertiary/aromatic N) is 1. The van der Waals surface area contributed by atoms with E-state index in [1.165, 1.54) is 17.5 Å². The van der Waals surface area contributed by atoms with Gasteiger partial charge in [-0.1, -0.05) is 24.3 Å². The van der Waals surface area contributed by atoms with Gasteiger partial charge >= 0.3 is 0 Å². The van der Waals surface area contributed by atoms with E-state index in [0.717, 1.165) is 32.5 Å². The van der Waals surface area contributed by atoms with Crippen molar-refractivity contribution in [2.45, 2.75) is 38.0 Å². The number of hydrogen-bond donors (Lipinski definition) is 2. The molecule has 104 valence electrons. The molecule has 3 heteroatoms. The van der Waals surface area contributed by atoms with Crippen molar-refractivity contribution < 1.29 is 5.11 Å². The summed E-state index contributed by atoms with van der Waals surface area (Å²) in [4.78, 5) is 2.49. The lowest BCUT2D eigenvalue weighted by Gasteiger charge is -2.37. The molecule has 1 aliphatic carbocycles. The maximum absolute atomic E-state index is 9.42. The van der Waals surface area contributed by atoms with E-state index in [1.807, 2.05) is 0 Å². The van der Waals surface area contributed by atoms with E-state index >= 15 is 0 Å². The Hall–Kier alpha value is -0.900. The molecule has 1 heterocycles. The van der Waals surface area contributed by atoms with Gasteiger partial charge in [0.25, 0.3) is 0 Å². The van der Waals surface area contributed by atoms with Gasteiger partial charge in [0.1, 0.15) is 0 Å². The van der Waals surface area contributed by atoms with Crippen molar-refractivity contribution in [3.8, 4) is 0 Å². The molecule has 0 radical (unpaired) electrons. The molecular weight excluding hydrogens is 236 g/mol. The molecule has 3 rings (SSSR count). The summed E-state index contributed by atoms with van der Waals surface area (Å²) in [6.07, 6.45) is 3.10. The zero-order chi connectivity index (χ0) is 13.2. The van der Waals surface area contributed by atoms with Crippen molar-refractivity contribution in [3.63, 3.8) is 0 Å². The van der Waals surface area contributed by atoms with Crippen LogP contribution in [0.3, 0.4) is 0 Å². The topological polar surface area (TPSA) is 35.5 Å². The van der Waals surface area contributed by atoms with Gasteiger partial charge in [-0.25, -0.2) is 0 Å². The molecule has 0 aromatic heterocycles. The third-order valence-electron chi connectivity index (χ3n) is 4.61. The summed E-state index contributed by atoms with van der Waals surface area (Å²) in [6, 6.07) is 9.31. The number of aliphatic hydroxyl groups is 1. The summed E-state index contributed by atoms with van der Waals surface area (Å²) in [5.41, 5.74) is 2.92. The first-order valence-corrected chi connectivity index (χ1v) is 7.41. The van der Waals surface area contributed by atoms with E-state index in [4.69, 9.17) is 0 Å². The molecule has 3 nitrogen and oxygen atoms in total. The van der Waals surface area contributed by atoms with Crippen molar-refractivity contribution in [2.75, 3.05) is 20.1 Å². The van der Waals surface area contributed by atoms with E-state index in [1.54, 1.807) is 0 Å². The van der Waals surface area contributed by atoms with E-state index in [0.29, 0.717) is 12.0 Å². The predicted molar refractivity (Wildman–Crippen MR) is 76.9 cm³/mol. The van der Waals surface area contributed by atoms with Crippen molar-refractivity contribution in [3.05, 3.63) is 35.4 Å². The summed E-state index contributed by atoms with van der Waals surface area (Å²) >= 11 is 0. The summed E-state index contributed by atoms with van der Waals surface area (Å²) in [5, 5.41) is 12.9. The second-order valence-electron chi connectivity index (χ2n) is 6.11. The lowest BCUT2D eigenvalue weighted by atomic mass is 9.81. The number of rotatable bonds is 3. The van der Waals surface area contributed by atoms with Crippen molar-refractivity contribution in [2.24, 2.45) is 5.92 Å². The zero-order valence-corrected chi connectivity index (χ0v) is 11.7. The normalized spacial score (nSPS) is 30.6. The summed E-state index contributed by atoms with van der Waals surface area (Å²) in [7, 11) is 2.23. The Labute approximate surface area is 115 Å². The van der Waals surface area contributed by atoms with Crippen molar-refractivity contribution in [1.82, 2.24) is 10.2 Å². The third kappa shape index (κ3) is 2.83. The highest BCUT2D eigenvalue weighted by Gasteiger charge is 2.30. The first kappa shape index (κ1) is 13.1. The summed E-state index contributed by atoms with van der Waals surface area (Å²) < 4.78 is 0. The van der Waals surface area contributed by atoms with Gasteiger partial charge in [0.2, 0.25) is 0 Å². The fourth-order valence-electron chi connectivity index (χ4n) is 3.48. The largest absolute Gasteiger partial charge is 0.393 e. The molecule has 1 aliphatic heterocycles. The standard InChI is InChI=1S/C16H24N2O/c1-18(11-12-8-14(19)9-12)16-6-7-17-10-13-4-2-3-5-15(13)16/h2-5,12,14,16-17,19H,6-11H2,1H3. The van der Waals surface area contributed by atoms with Crippen LogP contribution in [0.1, 0.15) is 36.4 Å². The highest BCUT2D eigenvalue weighted by Crippen LogP contribution is 2.33. The van der Waals surface area contributed by atoms with Gasteiger partial charge in [-0.2, -0.15) is 0 Å². The second-order valence-corrected chi connectivity index (χ2v) is 6.11. The molecule has 19 heavy (non-hydrogen) atoms. The van der Waals surface area contributed by atoms with Crippen LogP contribution in [-0.2, 0) is 6.54 Å². The number of hydrogen-bond acceptors (Lipinski definition) is 3. The Balaban J connectivity index is 1.72. The Morgan fingerprint density at radius 2 is 2.11 bits per heavy atom. The van der Waals surface area contributed by atoms with Crippen LogP contribution in [0, 0.1) is 5.92 Å². The molecule has 1 unspecified atom stereocenters. The molecule has 1 atom stereocenters. The lowest BCUT2D eigenvalue weighted by molar-refractivity contribution is 0.0213. The van der Waals surface area contributed by atoms with E-state index < -0.39 is 0 Å². The van der Waals surface area contributed by atoms with E-state index in [9.17, 15) is 5.11 Å². The average Bonchev–Trinajstić information content (AvgIpc) is 2.59. The summed E-state index contributed by atoms with van der Waals surface area (Å²) in [5.74, 6) is 0.684. The minimum absolute atomic E-state index is 0.0403.